The number of aryl methyl sites for hydroxylation is 1. The van der Waals surface area contributed by atoms with Crippen LogP contribution in [0.15, 0.2) is 54.2 Å². The maximum absolute atomic E-state index is 12.6. The minimum absolute atomic E-state index is 0.127. The minimum atomic E-state index is -0.658. The molecule has 0 aliphatic carbocycles. The molecule has 0 bridgehead atoms. The van der Waals surface area contributed by atoms with Crippen LogP contribution in [0.3, 0.4) is 0 Å². The van der Waals surface area contributed by atoms with Crippen LogP contribution >= 0.6 is 0 Å². The van der Waals surface area contributed by atoms with E-state index in [1.165, 1.54) is 7.11 Å². The van der Waals surface area contributed by atoms with Gasteiger partial charge in [-0.15, -0.1) is 0 Å². The quantitative estimate of drug-likeness (QED) is 0.412. The lowest BCUT2D eigenvalue weighted by Gasteiger charge is -2.13. The van der Waals surface area contributed by atoms with E-state index in [0.717, 1.165) is 38.3 Å². The second-order valence-corrected chi connectivity index (χ2v) is 7.12. The Kier molecular flexibility index (Phi) is 4.87. The number of amides is 3. The first-order valence-corrected chi connectivity index (χ1v) is 9.49. The molecule has 1 aliphatic heterocycles. The molecule has 1 fully saturated rings. The summed E-state index contributed by atoms with van der Waals surface area (Å²) in [7, 11) is 1.21. The van der Waals surface area contributed by atoms with E-state index in [-0.39, 0.29) is 5.70 Å². The lowest BCUT2D eigenvalue weighted by atomic mass is 10.1. The van der Waals surface area contributed by atoms with Gasteiger partial charge in [-0.3, -0.25) is 9.59 Å². The summed E-state index contributed by atoms with van der Waals surface area (Å²) in [4.78, 5) is 37.0. The molecule has 0 radical (unpaired) electrons. The fourth-order valence-electron chi connectivity index (χ4n) is 3.77. The number of urea groups is 1. The van der Waals surface area contributed by atoms with Crippen LogP contribution in [0.2, 0.25) is 0 Å². The van der Waals surface area contributed by atoms with Gasteiger partial charge >= 0.3 is 12.0 Å². The van der Waals surface area contributed by atoms with Gasteiger partial charge in [0.1, 0.15) is 12.2 Å². The molecule has 7 heteroatoms. The van der Waals surface area contributed by atoms with Crippen molar-refractivity contribution in [3.05, 3.63) is 71.2 Å². The lowest BCUT2D eigenvalue weighted by Crippen LogP contribution is -2.36. The molecule has 3 aromatic rings. The minimum Gasteiger partial charge on any atom is -0.468 e. The van der Waals surface area contributed by atoms with Crippen molar-refractivity contribution in [1.29, 1.82) is 0 Å². The molecule has 3 amide bonds. The van der Waals surface area contributed by atoms with Gasteiger partial charge in [-0.1, -0.05) is 36.4 Å². The Bertz CT molecular complexity index is 1220. The summed E-state index contributed by atoms with van der Waals surface area (Å²) in [6, 6.07) is 15.6. The molecular formula is C23H21N3O4. The van der Waals surface area contributed by atoms with E-state index < -0.39 is 24.5 Å². The summed E-state index contributed by atoms with van der Waals surface area (Å²) in [5.41, 5.74) is 3.91. The predicted octanol–water partition coefficient (Wildman–Crippen LogP) is 3.31. The van der Waals surface area contributed by atoms with Gasteiger partial charge in [0.15, 0.2) is 0 Å². The van der Waals surface area contributed by atoms with Crippen molar-refractivity contribution in [2.45, 2.75) is 13.8 Å². The zero-order valence-corrected chi connectivity index (χ0v) is 16.9. The second-order valence-electron chi connectivity index (χ2n) is 7.12. The van der Waals surface area contributed by atoms with Crippen LogP contribution in [-0.2, 0) is 14.3 Å². The average molecular weight is 403 g/mol. The maximum Gasteiger partial charge on any atom is 0.329 e. The number of benzene rings is 2. The Labute approximate surface area is 173 Å². The predicted molar refractivity (Wildman–Crippen MR) is 113 cm³/mol. The zero-order chi connectivity index (χ0) is 21.4. The number of nitrogens with zero attached hydrogens (tertiary/aromatic N) is 2. The smallest absolute Gasteiger partial charge is 0.329 e. The summed E-state index contributed by atoms with van der Waals surface area (Å²) < 4.78 is 6.68. The first-order chi connectivity index (χ1) is 14.4. The molecule has 7 nitrogen and oxygen atoms in total. The molecule has 1 aromatic heterocycles. The van der Waals surface area contributed by atoms with Gasteiger partial charge in [-0.05, 0) is 43.0 Å². The van der Waals surface area contributed by atoms with E-state index in [2.05, 4.69) is 38.9 Å². The summed E-state index contributed by atoms with van der Waals surface area (Å²) >= 11 is 0. The third kappa shape index (κ3) is 3.24. The van der Waals surface area contributed by atoms with Crippen LogP contribution < -0.4 is 5.32 Å². The molecule has 1 aliphatic rings. The Hall–Kier alpha value is -3.87. The SMILES string of the molecule is COC(=O)CN1C(=O)NC(=Cc2cc(C)n(-c3cccc4ccccc34)c2C)C1=O. The summed E-state index contributed by atoms with van der Waals surface area (Å²) in [6.45, 7) is 3.54. The number of esters is 1. The standard InChI is InChI=1S/C23H21N3O4/c1-14-11-17(12-19-22(28)25(23(29)24-19)13-21(27)30-3)15(2)26(14)20-10-6-8-16-7-4-5-9-18(16)20/h4-12H,13H2,1-3H3,(H,24,29). The first-order valence-electron chi connectivity index (χ1n) is 9.49. The fraction of sp³-hybridized carbons (Fsp3) is 0.174. The lowest BCUT2D eigenvalue weighted by molar-refractivity contribution is -0.143. The van der Waals surface area contributed by atoms with Gasteiger partial charge < -0.3 is 14.6 Å². The number of nitrogens with one attached hydrogen (secondary N) is 1. The number of carbonyl (C=O) groups is 3. The fourth-order valence-corrected chi connectivity index (χ4v) is 3.77. The number of rotatable bonds is 4. The van der Waals surface area contributed by atoms with E-state index in [9.17, 15) is 14.4 Å². The Balaban J connectivity index is 1.74. The summed E-state index contributed by atoms with van der Waals surface area (Å²) in [5.74, 6) is -1.21. The number of imide groups is 1. The zero-order valence-electron chi connectivity index (χ0n) is 16.9. The molecular weight excluding hydrogens is 382 g/mol. The third-order valence-corrected chi connectivity index (χ3v) is 5.25. The molecule has 0 atom stereocenters. The topological polar surface area (TPSA) is 80.6 Å². The monoisotopic (exact) mass is 403 g/mol. The number of methoxy groups -OCH3 is 1. The van der Waals surface area contributed by atoms with Crippen LogP contribution in [-0.4, -0.2) is 41.0 Å². The summed E-state index contributed by atoms with van der Waals surface area (Å²) in [5, 5.41) is 4.80. The van der Waals surface area contributed by atoms with Crippen molar-refractivity contribution in [2.24, 2.45) is 0 Å². The third-order valence-electron chi connectivity index (χ3n) is 5.25. The molecule has 30 heavy (non-hydrogen) atoms. The van der Waals surface area contributed by atoms with E-state index in [0.29, 0.717) is 0 Å². The van der Waals surface area contributed by atoms with Gasteiger partial charge in [0.2, 0.25) is 0 Å². The highest BCUT2D eigenvalue weighted by Crippen LogP contribution is 2.28. The van der Waals surface area contributed by atoms with Crippen molar-refractivity contribution in [2.75, 3.05) is 13.7 Å². The van der Waals surface area contributed by atoms with Crippen molar-refractivity contribution in [3.63, 3.8) is 0 Å². The molecule has 0 unspecified atom stereocenters. The molecule has 1 N–H and O–H groups in total. The Morgan fingerprint density at radius 3 is 2.60 bits per heavy atom. The normalized spacial score (nSPS) is 15.2. The molecule has 2 heterocycles. The van der Waals surface area contributed by atoms with Crippen LogP contribution in [0.5, 0.6) is 0 Å². The first kappa shape index (κ1) is 19.4. The Morgan fingerprint density at radius 2 is 1.83 bits per heavy atom. The highest BCUT2D eigenvalue weighted by atomic mass is 16.5. The van der Waals surface area contributed by atoms with Crippen molar-refractivity contribution >= 4 is 34.8 Å². The highest BCUT2D eigenvalue weighted by molar-refractivity contribution is 6.15. The van der Waals surface area contributed by atoms with E-state index in [1.54, 1.807) is 6.08 Å². The van der Waals surface area contributed by atoms with Gasteiger partial charge in [-0.2, -0.15) is 0 Å². The van der Waals surface area contributed by atoms with Crippen molar-refractivity contribution < 1.29 is 19.1 Å². The van der Waals surface area contributed by atoms with E-state index in [1.807, 2.05) is 38.1 Å². The number of hydrogen-bond donors (Lipinski definition) is 1. The van der Waals surface area contributed by atoms with Crippen LogP contribution in [0.25, 0.3) is 22.5 Å². The van der Waals surface area contributed by atoms with Crippen molar-refractivity contribution in [1.82, 2.24) is 14.8 Å². The van der Waals surface area contributed by atoms with Gasteiger partial charge in [0.05, 0.1) is 12.8 Å². The number of fused-ring (bicyclic) bond motifs is 1. The van der Waals surface area contributed by atoms with Crippen LogP contribution in [0, 0.1) is 13.8 Å². The molecule has 152 valence electrons. The molecule has 2 aromatic carbocycles. The number of ether oxygens (including phenoxy) is 1. The molecule has 1 saturated heterocycles. The Morgan fingerprint density at radius 1 is 1.10 bits per heavy atom. The van der Waals surface area contributed by atoms with E-state index in [4.69, 9.17) is 0 Å². The maximum atomic E-state index is 12.6. The van der Waals surface area contributed by atoms with Gasteiger partial charge in [-0.25, -0.2) is 9.69 Å². The number of hydrogen-bond acceptors (Lipinski definition) is 4. The number of carbonyl (C=O) groups excluding carboxylic acids is 3. The summed E-state index contributed by atoms with van der Waals surface area (Å²) in [6.07, 6.45) is 1.64. The molecule has 4 rings (SSSR count). The van der Waals surface area contributed by atoms with Crippen molar-refractivity contribution in [3.8, 4) is 5.69 Å². The van der Waals surface area contributed by atoms with Crippen LogP contribution in [0.1, 0.15) is 17.0 Å². The second kappa shape index (κ2) is 7.51. The molecule has 0 saturated carbocycles. The number of aromatic nitrogens is 1. The average Bonchev–Trinajstić information content (AvgIpc) is 3.17. The van der Waals surface area contributed by atoms with E-state index >= 15 is 0 Å². The van der Waals surface area contributed by atoms with Gasteiger partial charge in [0, 0.05) is 16.8 Å². The highest BCUT2D eigenvalue weighted by Gasteiger charge is 2.35. The largest absolute Gasteiger partial charge is 0.468 e. The molecule has 0 spiro atoms. The van der Waals surface area contributed by atoms with Crippen LogP contribution in [0.4, 0.5) is 4.79 Å². The van der Waals surface area contributed by atoms with Gasteiger partial charge in [0.25, 0.3) is 5.91 Å².